The predicted molar refractivity (Wildman–Crippen MR) is 75.4 cm³/mol. The van der Waals surface area contributed by atoms with Gasteiger partial charge in [-0.2, -0.15) is 0 Å². The number of hydrogen-bond donors (Lipinski definition) is 1. The second-order valence-electron chi connectivity index (χ2n) is 5.44. The van der Waals surface area contributed by atoms with E-state index in [4.69, 9.17) is 0 Å². The van der Waals surface area contributed by atoms with E-state index in [1.807, 2.05) is 11.3 Å². The van der Waals surface area contributed by atoms with Crippen molar-refractivity contribution in [1.29, 1.82) is 0 Å². The molecule has 2 heterocycles. The second-order valence-corrected chi connectivity index (χ2v) is 7.69. The van der Waals surface area contributed by atoms with E-state index >= 15 is 0 Å². The third kappa shape index (κ3) is 2.63. The van der Waals surface area contributed by atoms with Crippen LogP contribution in [-0.4, -0.2) is 11.8 Å². The fourth-order valence-electron chi connectivity index (χ4n) is 1.82. The van der Waals surface area contributed by atoms with Gasteiger partial charge in [-0.15, -0.1) is 23.1 Å². The zero-order valence-electron chi connectivity index (χ0n) is 10.5. The van der Waals surface area contributed by atoms with Gasteiger partial charge < -0.3 is 0 Å². The van der Waals surface area contributed by atoms with Gasteiger partial charge in [-0.05, 0) is 24.0 Å². The van der Waals surface area contributed by atoms with Gasteiger partial charge >= 0.3 is 0 Å². The average molecular weight is 255 g/mol. The number of thioether (sulfide) groups is 1. The summed E-state index contributed by atoms with van der Waals surface area (Å²) in [5, 5.41) is 4.23. The summed E-state index contributed by atoms with van der Waals surface area (Å²) in [7, 11) is 0. The summed E-state index contributed by atoms with van der Waals surface area (Å²) in [6.07, 6.45) is 1.24. The van der Waals surface area contributed by atoms with Crippen LogP contribution in [0.25, 0.3) is 0 Å². The first-order chi connectivity index (χ1) is 7.50. The normalized spacial score (nSPS) is 26.2. The van der Waals surface area contributed by atoms with Gasteiger partial charge in [0, 0.05) is 21.5 Å². The molecule has 0 radical (unpaired) electrons. The van der Waals surface area contributed by atoms with Crippen molar-refractivity contribution in [2.45, 2.75) is 50.9 Å². The molecule has 2 unspecified atom stereocenters. The van der Waals surface area contributed by atoms with Crippen LogP contribution in [0.2, 0.25) is 0 Å². The lowest BCUT2D eigenvalue weighted by atomic mass is 9.95. The van der Waals surface area contributed by atoms with Crippen LogP contribution in [0.5, 0.6) is 0 Å². The van der Waals surface area contributed by atoms with Crippen LogP contribution < -0.4 is 5.32 Å². The van der Waals surface area contributed by atoms with Gasteiger partial charge in [0.05, 0.1) is 5.37 Å². The van der Waals surface area contributed by atoms with E-state index in [1.54, 1.807) is 0 Å². The van der Waals surface area contributed by atoms with Crippen molar-refractivity contribution in [3.05, 3.63) is 21.9 Å². The van der Waals surface area contributed by atoms with E-state index in [-0.39, 0.29) is 5.41 Å². The van der Waals surface area contributed by atoms with Crippen LogP contribution in [-0.2, 0) is 5.41 Å². The van der Waals surface area contributed by atoms with Crippen molar-refractivity contribution in [1.82, 2.24) is 5.32 Å². The molecule has 0 saturated carbocycles. The first-order valence-corrected chi connectivity index (χ1v) is 7.85. The smallest absolute Gasteiger partial charge is 0.0885 e. The molecular weight excluding hydrogens is 234 g/mol. The molecule has 1 aliphatic rings. The fraction of sp³-hybridized carbons (Fsp3) is 0.692. The minimum absolute atomic E-state index is 0.288. The zero-order chi connectivity index (χ0) is 11.8. The highest BCUT2D eigenvalue weighted by atomic mass is 32.2. The SMILES string of the molecule is CCC1CSC(c2ccc(C(C)(C)C)s2)N1. The molecule has 0 aliphatic carbocycles. The molecule has 1 saturated heterocycles. The van der Waals surface area contributed by atoms with E-state index in [9.17, 15) is 0 Å². The lowest BCUT2D eigenvalue weighted by Gasteiger charge is -2.16. The monoisotopic (exact) mass is 255 g/mol. The van der Waals surface area contributed by atoms with E-state index < -0.39 is 0 Å². The van der Waals surface area contributed by atoms with Crippen molar-refractivity contribution in [2.75, 3.05) is 5.75 Å². The summed E-state index contributed by atoms with van der Waals surface area (Å²) in [4.78, 5) is 2.98. The third-order valence-electron chi connectivity index (χ3n) is 2.97. The van der Waals surface area contributed by atoms with Crippen LogP contribution in [0.1, 0.15) is 49.2 Å². The summed E-state index contributed by atoms with van der Waals surface area (Å²) in [5.74, 6) is 1.25. The minimum Gasteiger partial charge on any atom is -0.297 e. The van der Waals surface area contributed by atoms with Crippen LogP contribution >= 0.6 is 23.1 Å². The highest BCUT2D eigenvalue weighted by molar-refractivity contribution is 7.99. The quantitative estimate of drug-likeness (QED) is 0.851. The second kappa shape index (κ2) is 4.71. The summed E-state index contributed by atoms with van der Waals surface area (Å²) in [6, 6.07) is 5.30. The molecule has 0 aromatic carbocycles. The molecule has 1 aromatic heterocycles. The van der Waals surface area contributed by atoms with E-state index in [0.29, 0.717) is 11.4 Å². The Morgan fingerprint density at radius 3 is 2.62 bits per heavy atom. The number of rotatable bonds is 2. The van der Waals surface area contributed by atoms with E-state index in [2.05, 4.69) is 56.9 Å². The van der Waals surface area contributed by atoms with Crippen molar-refractivity contribution in [2.24, 2.45) is 0 Å². The lowest BCUT2D eigenvalue weighted by molar-refractivity contribution is 0.564. The Morgan fingerprint density at radius 2 is 2.12 bits per heavy atom. The van der Waals surface area contributed by atoms with Crippen molar-refractivity contribution >= 4 is 23.1 Å². The largest absolute Gasteiger partial charge is 0.297 e. The Balaban J connectivity index is 2.08. The molecule has 2 atom stereocenters. The Hall–Kier alpha value is 0.01000. The van der Waals surface area contributed by atoms with E-state index in [0.717, 1.165) is 0 Å². The molecule has 16 heavy (non-hydrogen) atoms. The van der Waals surface area contributed by atoms with Gasteiger partial charge in [-0.25, -0.2) is 0 Å². The van der Waals surface area contributed by atoms with Crippen LogP contribution in [0.4, 0.5) is 0 Å². The van der Waals surface area contributed by atoms with Gasteiger partial charge in [-0.1, -0.05) is 27.7 Å². The van der Waals surface area contributed by atoms with Crippen LogP contribution in [0.3, 0.4) is 0 Å². The van der Waals surface area contributed by atoms with Crippen molar-refractivity contribution in [3.63, 3.8) is 0 Å². The summed E-state index contributed by atoms with van der Waals surface area (Å²) in [6.45, 7) is 9.11. The molecular formula is C13H21NS2. The minimum atomic E-state index is 0.288. The van der Waals surface area contributed by atoms with Gasteiger partial charge in [0.1, 0.15) is 0 Å². The van der Waals surface area contributed by atoms with Gasteiger partial charge in [0.25, 0.3) is 0 Å². The lowest BCUT2D eigenvalue weighted by Crippen LogP contribution is -2.24. The number of thiophene rings is 1. The third-order valence-corrected chi connectivity index (χ3v) is 6.01. The van der Waals surface area contributed by atoms with Crippen molar-refractivity contribution in [3.8, 4) is 0 Å². The van der Waals surface area contributed by atoms with Crippen LogP contribution in [0.15, 0.2) is 12.1 Å². The molecule has 1 nitrogen and oxygen atoms in total. The number of nitrogens with one attached hydrogen (secondary N) is 1. The van der Waals surface area contributed by atoms with Crippen LogP contribution in [0, 0.1) is 0 Å². The first kappa shape index (κ1) is 12.5. The number of hydrogen-bond acceptors (Lipinski definition) is 3. The standard InChI is InChI=1S/C13H21NS2/c1-5-9-8-15-12(14-9)10-6-7-11(16-10)13(2,3)4/h6-7,9,12,14H,5,8H2,1-4H3. The Kier molecular flexibility index (Phi) is 3.67. The topological polar surface area (TPSA) is 12.0 Å². The Labute approximate surface area is 107 Å². The molecule has 3 heteroatoms. The maximum atomic E-state index is 3.70. The molecule has 1 fully saturated rings. The van der Waals surface area contributed by atoms with Gasteiger partial charge in [-0.3, -0.25) is 5.32 Å². The maximum absolute atomic E-state index is 3.70. The summed E-state index contributed by atoms with van der Waals surface area (Å²) in [5.41, 5.74) is 0.288. The molecule has 1 aromatic rings. The van der Waals surface area contributed by atoms with Crippen molar-refractivity contribution < 1.29 is 0 Å². The van der Waals surface area contributed by atoms with E-state index in [1.165, 1.54) is 21.9 Å². The Morgan fingerprint density at radius 1 is 1.38 bits per heavy atom. The molecule has 1 N–H and O–H groups in total. The summed E-state index contributed by atoms with van der Waals surface area (Å²) >= 11 is 4.02. The molecule has 90 valence electrons. The van der Waals surface area contributed by atoms with Gasteiger partial charge in [0.15, 0.2) is 0 Å². The zero-order valence-corrected chi connectivity index (χ0v) is 12.2. The predicted octanol–water partition coefficient (Wildman–Crippen LogP) is 4.16. The molecule has 0 amide bonds. The maximum Gasteiger partial charge on any atom is 0.0885 e. The highest BCUT2D eigenvalue weighted by Gasteiger charge is 2.26. The highest BCUT2D eigenvalue weighted by Crippen LogP contribution is 2.39. The Bertz CT molecular complexity index is 351. The molecule has 0 bridgehead atoms. The molecule has 0 spiro atoms. The fourth-order valence-corrected chi connectivity index (χ4v) is 4.46. The average Bonchev–Trinajstić information content (AvgIpc) is 2.85. The van der Waals surface area contributed by atoms with Gasteiger partial charge in [0.2, 0.25) is 0 Å². The summed E-state index contributed by atoms with van der Waals surface area (Å²) < 4.78 is 0. The first-order valence-electron chi connectivity index (χ1n) is 5.98. The molecule has 1 aliphatic heterocycles. The molecule has 2 rings (SSSR count).